The molecule has 2 aromatic carbocycles. The molecule has 4 nitrogen and oxygen atoms in total. The molecule has 124 valence electrons. The SMILES string of the molecule is Cc1cc(CCP(=O)(O)O)cc(I)c1Cc1ccc(O)c(I)c1. The molecule has 0 radical (unpaired) electrons. The molecule has 23 heavy (non-hydrogen) atoms. The van der Waals surface area contributed by atoms with Gasteiger partial charge >= 0.3 is 7.60 Å². The van der Waals surface area contributed by atoms with Crippen molar-refractivity contribution in [2.75, 3.05) is 6.16 Å². The molecule has 0 fully saturated rings. The van der Waals surface area contributed by atoms with Crippen molar-refractivity contribution in [3.05, 3.63) is 59.7 Å². The van der Waals surface area contributed by atoms with Gasteiger partial charge in [-0.25, -0.2) is 0 Å². The van der Waals surface area contributed by atoms with Gasteiger partial charge in [0.05, 0.1) is 9.73 Å². The maximum absolute atomic E-state index is 11.0. The highest BCUT2D eigenvalue weighted by Crippen LogP contribution is 2.35. The molecule has 0 atom stereocenters. The summed E-state index contributed by atoms with van der Waals surface area (Å²) in [5.74, 6) is 0.286. The molecule has 2 aromatic rings. The van der Waals surface area contributed by atoms with Crippen molar-refractivity contribution in [3.63, 3.8) is 0 Å². The smallest absolute Gasteiger partial charge is 0.325 e. The second kappa shape index (κ2) is 7.82. The Kier molecular flexibility index (Phi) is 6.52. The van der Waals surface area contributed by atoms with E-state index in [-0.39, 0.29) is 11.9 Å². The summed E-state index contributed by atoms with van der Waals surface area (Å²) >= 11 is 4.38. The lowest BCUT2D eigenvalue weighted by molar-refractivity contribution is 0.373. The van der Waals surface area contributed by atoms with Crippen molar-refractivity contribution in [1.29, 1.82) is 0 Å². The zero-order valence-corrected chi connectivity index (χ0v) is 17.7. The first kappa shape index (κ1) is 19.2. The molecule has 0 bridgehead atoms. The van der Waals surface area contributed by atoms with Gasteiger partial charge in [0.2, 0.25) is 0 Å². The van der Waals surface area contributed by atoms with Gasteiger partial charge in [0, 0.05) is 3.57 Å². The first-order valence-electron chi connectivity index (χ1n) is 6.95. The maximum Gasteiger partial charge on any atom is 0.325 e. The fourth-order valence-corrected chi connectivity index (χ4v) is 4.50. The fourth-order valence-electron chi connectivity index (χ4n) is 2.35. The van der Waals surface area contributed by atoms with Crippen molar-refractivity contribution < 1.29 is 19.5 Å². The number of phenolic OH excluding ortho intramolecular Hbond substituents is 1. The van der Waals surface area contributed by atoms with Crippen LogP contribution in [0.15, 0.2) is 30.3 Å². The van der Waals surface area contributed by atoms with Crippen LogP contribution < -0.4 is 0 Å². The van der Waals surface area contributed by atoms with Gasteiger partial charge in [-0.15, -0.1) is 0 Å². The third-order valence-corrected chi connectivity index (χ3v) is 6.20. The van der Waals surface area contributed by atoms with Crippen LogP contribution in [0.4, 0.5) is 0 Å². The minimum absolute atomic E-state index is 0.127. The molecule has 0 saturated carbocycles. The number of rotatable bonds is 5. The monoisotopic (exact) mass is 558 g/mol. The summed E-state index contributed by atoms with van der Waals surface area (Å²) < 4.78 is 12.9. The zero-order valence-electron chi connectivity index (χ0n) is 12.5. The predicted octanol–water partition coefficient (Wildman–Crippen LogP) is 4.22. The van der Waals surface area contributed by atoms with Crippen molar-refractivity contribution in [2.24, 2.45) is 0 Å². The van der Waals surface area contributed by atoms with Crippen LogP contribution in [0.5, 0.6) is 5.75 Å². The van der Waals surface area contributed by atoms with E-state index in [2.05, 4.69) is 45.2 Å². The maximum atomic E-state index is 11.0. The molecule has 0 heterocycles. The molecule has 0 spiro atoms. The van der Waals surface area contributed by atoms with Gasteiger partial charge in [0.15, 0.2) is 0 Å². The molecular weight excluding hydrogens is 541 g/mol. The van der Waals surface area contributed by atoms with Crippen molar-refractivity contribution in [2.45, 2.75) is 19.8 Å². The van der Waals surface area contributed by atoms with Gasteiger partial charge in [0.1, 0.15) is 5.75 Å². The number of benzene rings is 2. The van der Waals surface area contributed by atoms with Crippen LogP contribution in [0.1, 0.15) is 22.3 Å². The summed E-state index contributed by atoms with van der Waals surface area (Å²) in [6, 6.07) is 9.57. The van der Waals surface area contributed by atoms with Crippen LogP contribution in [0.25, 0.3) is 0 Å². The van der Waals surface area contributed by atoms with Crippen LogP contribution in [0.3, 0.4) is 0 Å². The standard InChI is InChI=1S/C16H17I2O4P/c1-10-6-12(4-5-23(20,21)22)8-14(17)13(10)7-11-2-3-16(19)15(18)9-11/h2-3,6,8-9,19H,4-5,7H2,1H3,(H2,20,21,22). The van der Waals surface area contributed by atoms with E-state index in [9.17, 15) is 9.67 Å². The summed E-state index contributed by atoms with van der Waals surface area (Å²) in [5, 5.41) is 9.61. The van der Waals surface area contributed by atoms with Gasteiger partial charge in [-0.2, -0.15) is 0 Å². The summed E-state index contributed by atoms with van der Waals surface area (Å²) in [6.07, 6.45) is 1.01. The van der Waals surface area contributed by atoms with E-state index < -0.39 is 7.60 Å². The summed E-state index contributed by atoms with van der Waals surface area (Å²) in [5.41, 5.74) is 4.38. The lowest BCUT2D eigenvalue weighted by Crippen LogP contribution is -2.00. The Bertz CT molecular complexity index is 748. The molecule has 0 aliphatic heterocycles. The number of aromatic hydroxyl groups is 1. The van der Waals surface area contributed by atoms with E-state index >= 15 is 0 Å². The van der Waals surface area contributed by atoms with Crippen molar-refractivity contribution >= 4 is 52.8 Å². The molecule has 0 aliphatic rings. The average molecular weight is 558 g/mol. The van der Waals surface area contributed by atoms with Gasteiger partial charge in [0.25, 0.3) is 0 Å². The third kappa shape index (κ3) is 5.70. The molecule has 7 heteroatoms. The Labute approximate surface area is 162 Å². The van der Waals surface area contributed by atoms with Crippen LogP contribution >= 0.6 is 52.8 Å². The highest BCUT2D eigenvalue weighted by Gasteiger charge is 2.14. The Morgan fingerprint density at radius 3 is 2.26 bits per heavy atom. The molecule has 0 aromatic heterocycles. The van der Waals surface area contributed by atoms with Crippen molar-refractivity contribution in [3.8, 4) is 5.75 Å². The average Bonchev–Trinajstić information content (AvgIpc) is 2.43. The van der Waals surface area contributed by atoms with E-state index in [4.69, 9.17) is 9.79 Å². The summed E-state index contributed by atoms with van der Waals surface area (Å²) in [7, 11) is -3.97. The highest BCUT2D eigenvalue weighted by atomic mass is 127. The van der Waals surface area contributed by atoms with E-state index in [0.717, 1.165) is 30.3 Å². The van der Waals surface area contributed by atoms with E-state index in [1.807, 2.05) is 31.2 Å². The number of phenols is 1. The number of hydrogen-bond donors (Lipinski definition) is 3. The molecule has 0 unspecified atom stereocenters. The molecular formula is C16H17I2O4P. The molecule has 0 amide bonds. The number of hydrogen-bond acceptors (Lipinski definition) is 2. The lowest BCUT2D eigenvalue weighted by atomic mass is 9.98. The molecule has 0 aliphatic carbocycles. The first-order valence-corrected chi connectivity index (χ1v) is 10.9. The number of aryl methyl sites for hydroxylation is 2. The Morgan fingerprint density at radius 2 is 1.70 bits per heavy atom. The lowest BCUT2D eigenvalue weighted by Gasteiger charge is -2.13. The highest BCUT2D eigenvalue weighted by molar-refractivity contribution is 14.1. The zero-order chi connectivity index (χ0) is 17.2. The largest absolute Gasteiger partial charge is 0.507 e. The van der Waals surface area contributed by atoms with Gasteiger partial charge in [-0.05, 0) is 105 Å². The number of halogens is 2. The van der Waals surface area contributed by atoms with Crippen LogP contribution in [-0.4, -0.2) is 21.1 Å². The second-order valence-corrected chi connectivity index (χ2v) is 9.57. The van der Waals surface area contributed by atoms with Gasteiger partial charge in [-0.1, -0.05) is 12.1 Å². The summed E-state index contributed by atoms with van der Waals surface area (Å²) in [6.45, 7) is 2.02. The van der Waals surface area contributed by atoms with Crippen LogP contribution in [-0.2, 0) is 17.4 Å². The van der Waals surface area contributed by atoms with E-state index in [1.165, 1.54) is 5.56 Å². The van der Waals surface area contributed by atoms with Gasteiger partial charge < -0.3 is 14.9 Å². The van der Waals surface area contributed by atoms with Gasteiger partial charge in [-0.3, -0.25) is 4.57 Å². The Morgan fingerprint density at radius 1 is 1.04 bits per heavy atom. The Hall–Kier alpha value is -0.150. The second-order valence-electron chi connectivity index (χ2n) is 5.47. The topological polar surface area (TPSA) is 77.8 Å². The quantitative estimate of drug-likeness (QED) is 0.380. The van der Waals surface area contributed by atoms with E-state index in [1.54, 1.807) is 6.07 Å². The molecule has 3 N–H and O–H groups in total. The molecule has 2 rings (SSSR count). The Balaban J connectivity index is 2.23. The minimum atomic E-state index is -3.97. The predicted molar refractivity (Wildman–Crippen MR) is 108 cm³/mol. The molecule has 0 saturated heterocycles. The normalized spacial score (nSPS) is 11.7. The third-order valence-electron chi connectivity index (χ3n) is 3.56. The van der Waals surface area contributed by atoms with E-state index in [0.29, 0.717) is 6.42 Å². The fraction of sp³-hybridized carbons (Fsp3) is 0.250. The van der Waals surface area contributed by atoms with Crippen molar-refractivity contribution in [1.82, 2.24) is 0 Å². The summed E-state index contributed by atoms with van der Waals surface area (Å²) in [4.78, 5) is 18.0. The minimum Gasteiger partial charge on any atom is -0.507 e. The van der Waals surface area contributed by atoms with Crippen LogP contribution in [0.2, 0.25) is 0 Å². The van der Waals surface area contributed by atoms with Crippen LogP contribution in [0, 0.1) is 14.1 Å². The first-order chi connectivity index (χ1) is 10.7.